The molecule has 0 saturated heterocycles. The molecule has 0 aliphatic heterocycles. The van der Waals surface area contributed by atoms with Crippen molar-refractivity contribution >= 4 is 5.69 Å². The number of rotatable bonds is 4. The van der Waals surface area contributed by atoms with Crippen LogP contribution in [0.15, 0.2) is 30.5 Å². The van der Waals surface area contributed by atoms with Gasteiger partial charge in [-0.05, 0) is 36.0 Å². The second-order valence-corrected chi connectivity index (χ2v) is 5.03. The third-order valence-electron chi connectivity index (χ3n) is 2.92. The highest BCUT2D eigenvalue weighted by molar-refractivity contribution is 5.56. The zero-order chi connectivity index (χ0) is 12.3. The molecule has 1 rings (SSSR count). The van der Waals surface area contributed by atoms with Gasteiger partial charge in [0.2, 0.25) is 0 Å². The summed E-state index contributed by atoms with van der Waals surface area (Å²) in [6, 6.07) is 6.60. The van der Waals surface area contributed by atoms with Crippen molar-refractivity contribution in [2.45, 2.75) is 40.5 Å². The van der Waals surface area contributed by atoms with Crippen LogP contribution in [0.4, 0.5) is 5.69 Å². The fourth-order valence-electron chi connectivity index (χ4n) is 1.45. The molecule has 16 heavy (non-hydrogen) atoms. The van der Waals surface area contributed by atoms with E-state index < -0.39 is 0 Å². The summed E-state index contributed by atoms with van der Waals surface area (Å²) in [5.41, 5.74) is 4.89. The van der Waals surface area contributed by atoms with Crippen LogP contribution in [-0.4, -0.2) is 0 Å². The first-order valence-electron chi connectivity index (χ1n) is 5.98. The fraction of sp³-hybridized carbons (Fsp3) is 0.467. The molecule has 1 aromatic carbocycles. The van der Waals surface area contributed by atoms with E-state index in [0.29, 0.717) is 11.8 Å². The molecule has 0 spiro atoms. The van der Waals surface area contributed by atoms with Crippen molar-refractivity contribution in [3.63, 3.8) is 0 Å². The van der Waals surface area contributed by atoms with Gasteiger partial charge in [-0.1, -0.05) is 46.4 Å². The minimum absolute atomic E-state index is 0.460. The van der Waals surface area contributed by atoms with Gasteiger partial charge in [-0.25, -0.2) is 0 Å². The minimum Gasteiger partial charge on any atom is -0.359 e. The lowest BCUT2D eigenvalue weighted by Crippen LogP contribution is -2.06. The van der Waals surface area contributed by atoms with Gasteiger partial charge in [0.1, 0.15) is 0 Å². The standard InChI is InChI=1S/C15H23N/c1-10(2)13(6)16-15-9-14(11(3)4)8-7-12(15)5/h7-11,16H,6H2,1-5H3. The summed E-state index contributed by atoms with van der Waals surface area (Å²) in [6.07, 6.45) is 0. The summed E-state index contributed by atoms with van der Waals surface area (Å²) < 4.78 is 0. The largest absolute Gasteiger partial charge is 0.359 e. The smallest absolute Gasteiger partial charge is 0.0414 e. The summed E-state index contributed by atoms with van der Waals surface area (Å²) in [6.45, 7) is 14.9. The van der Waals surface area contributed by atoms with Crippen LogP contribution in [0.25, 0.3) is 0 Å². The fourth-order valence-corrected chi connectivity index (χ4v) is 1.45. The van der Waals surface area contributed by atoms with E-state index in [2.05, 4.69) is 64.7 Å². The highest BCUT2D eigenvalue weighted by Crippen LogP contribution is 2.24. The molecule has 0 atom stereocenters. The molecule has 0 aliphatic rings. The van der Waals surface area contributed by atoms with Crippen LogP contribution in [0.1, 0.15) is 44.7 Å². The molecule has 1 heteroatoms. The number of aryl methyl sites for hydroxylation is 1. The molecular formula is C15H23N. The molecule has 0 unspecified atom stereocenters. The minimum atomic E-state index is 0.460. The van der Waals surface area contributed by atoms with Crippen LogP contribution in [0.5, 0.6) is 0 Å². The van der Waals surface area contributed by atoms with Crippen molar-refractivity contribution in [3.8, 4) is 0 Å². The van der Waals surface area contributed by atoms with Crippen LogP contribution >= 0.6 is 0 Å². The van der Waals surface area contributed by atoms with E-state index in [4.69, 9.17) is 0 Å². The zero-order valence-electron chi connectivity index (χ0n) is 11.1. The molecule has 1 N–H and O–H groups in total. The highest BCUT2D eigenvalue weighted by atomic mass is 14.9. The molecule has 0 heterocycles. The van der Waals surface area contributed by atoms with E-state index in [0.717, 1.165) is 5.70 Å². The number of allylic oxidation sites excluding steroid dienone is 1. The third-order valence-corrected chi connectivity index (χ3v) is 2.92. The Bertz CT molecular complexity index is 375. The first-order valence-corrected chi connectivity index (χ1v) is 5.98. The Labute approximate surface area is 99.6 Å². The normalized spacial score (nSPS) is 10.9. The Morgan fingerprint density at radius 3 is 2.31 bits per heavy atom. The Morgan fingerprint density at radius 1 is 1.19 bits per heavy atom. The van der Waals surface area contributed by atoms with Gasteiger partial charge in [0.25, 0.3) is 0 Å². The van der Waals surface area contributed by atoms with E-state index in [9.17, 15) is 0 Å². The van der Waals surface area contributed by atoms with Crippen LogP contribution in [0, 0.1) is 12.8 Å². The quantitative estimate of drug-likeness (QED) is 0.770. The predicted octanol–water partition coefficient (Wildman–Crippen LogP) is 4.70. The Kier molecular flexibility index (Phi) is 4.17. The average Bonchev–Trinajstić information content (AvgIpc) is 2.20. The first-order chi connectivity index (χ1) is 7.41. The molecule has 0 radical (unpaired) electrons. The molecule has 0 bridgehead atoms. The second-order valence-electron chi connectivity index (χ2n) is 5.03. The lowest BCUT2D eigenvalue weighted by Gasteiger charge is -2.16. The van der Waals surface area contributed by atoms with Gasteiger partial charge in [0, 0.05) is 11.4 Å². The van der Waals surface area contributed by atoms with Crippen LogP contribution in [0.3, 0.4) is 0 Å². The van der Waals surface area contributed by atoms with Gasteiger partial charge in [-0.3, -0.25) is 0 Å². The second kappa shape index (κ2) is 5.20. The maximum Gasteiger partial charge on any atom is 0.0414 e. The Balaban J connectivity index is 2.94. The molecule has 0 fully saturated rings. The van der Waals surface area contributed by atoms with Gasteiger partial charge in [0.05, 0.1) is 0 Å². The maximum absolute atomic E-state index is 4.05. The van der Waals surface area contributed by atoms with Crippen molar-refractivity contribution < 1.29 is 0 Å². The topological polar surface area (TPSA) is 12.0 Å². The Hall–Kier alpha value is -1.24. The van der Waals surface area contributed by atoms with Crippen molar-refractivity contribution in [1.82, 2.24) is 0 Å². The van der Waals surface area contributed by atoms with E-state index >= 15 is 0 Å². The molecule has 0 saturated carbocycles. The van der Waals surface area contributed by atoms with Gasteiger partial charge in [0.15, 0.2) is 0 Å². The van der Waals surface area contributed by atoms with Crippen molar-refractivity contribution in [3.05, 3.63) is 41.6 Å². The number of benzene rings is 1. The predicted molar refractivity (Wildman–Crippen MR) is 72.9 cm³/mol. The molecule has 88 valence electrons. The number of hydrogen-bond donors (Lipinski definition) is 1. The van der Waals surface area contributed by atoms with Crippen molar-refractivity contribution in [1.29, 1.82) is 0 Å². The first kappa shape index (κ1) is 12.8. The molecule has 0 aromatic heterocycles. The maximum atomic E-state index is 4.05. The van der Waals surface area contributed by atoms with E-state index in [-0.39, 0.29) is 0 Å². The summed E-state index contributed by atoms with van der Waals surface area (Å²) in [5, 5.41) is 3.41. The van der Waals surface area contributed by atoms with Gasteiger partial charge in [-0.15, -0.1) is 0 Å². The van der Waals surface area contributed by atoms with Crippen LogP contribution in [-0.2, 0) is 0 Å². The summed E-state index contributed by atoms with van der Waals surface area (Å²) in [4.78, 5) is 0. The third kappa shape index (κ3) is 3.13. The zero-order valence-corrected chi connectivity index (χ0v) is 11.1. The van der Waals surface area contributed by atoms with Gasteiger partial charge in [-0.2, -0.15) is 0 Å². The molecule has 1 nitrogen and oxygen atoms in total. The van der Waals surface area contributed by atoms with Crippen molar-refractivity contribution in [2.24, 2.45) is 5.92 Å². The molecule has 1 aromatic rings. The lowest BCUT2D eigenvalue weighted by molar-refractivity contribution is 0.777. The SMILES string of the molecule is C=C(Nc1cc(C(C)C)ccc1C)C(C)C. The lowest BCUT2D eigenvalue weighted by atomic mass is 10.00. The van der Waals surface area contributed by atoms with Crippen LogP contribution < -0.4 is 5.32 Å². The van der Waals surface area contributed by atoms with E-state index in [1.165, 1.54) is 16.8 Å². The van der Waals surface area contributed by atoms with Crippen LogP contribution in [0.2, 0.25) is 0 Å². The summed E-state index contributed by atoms with van der Waals surface area (Å²) >= 11 is 0. The van der Waals surface area contributed by atoms with E-state index in [1.54, 1.807) is 0 Å². The molecule has 0 amide bonds. The average molecular weight is 217 g/mol. The van der Waals surface area contributed by atoms with Crippen molar-refractivity contribution in [2.75, 3.05) is 5.32 Å². The number of hydrogen-bond acceptors (Lipinski definition) is 1. The summed E-state index contributed by atoms with van der Waals surface area (Å²) in [5.74, 6) is 1.02. The molecular weight excluding hydrogens is 194 g/mol. The van der Waals surface area contributed by atoms with E-state index in [1.807, 2.05) is 0 Å². The van der Waals surface area contributed by atoms with Gasteiger partial charge < -0.3 is 5.32 Å². The Morgan fingerprint density at radius 2 is 1.81 bits per heavy atom. The molecule has 0 aliphatic carbocycles. The number of anilines is 1. The monoisotopic (exact) mass is 217 g/mol. The summed E-state index contributed by atoms with van der Waals surface area (Å²) in [7, 11) is 0. The van der Waals surface area contributed by atoms with Gasteiger partial charge >= 0.3 is 0 Å². The number of nitrogens with one attached hydrogen (secondary N) is 1. The highest BCUT2D eigenvalue weighted by Gasteiger charge is 2.06.